The molecule has 6 heteroatoms. The number of nitrogens with one attached hydrogen (secondary N) is 1. The molecule has 6 nitrogen and oxygen atoms in total. The van der Waals surface area contributed by atoms with E-state index in [1.54, 1.807) is 0 Å². The van der Waals surface area contributed by atoms with E-state index in [2.05, 4.69) is 19.2 Å². The van der Waals surface area contributed by atoms with Crippen LogP contribution in [0.3, 0.4) is 0 Å². The van der Waals surface area contributed by atoms with Crippen molar-refractivity contribution in [2.75, 3.05) is 5.73 Å². The largest absolute Gasteiger partial charge is 0.398 e. The molecule has 1 aromatic rings. The molecule has 1 unspecified atom stereocenters. The highest BCUT2D eigenvalue weighted by atomic mass is 16.6. The second-order valence-electron chi connectivity index (χ2n) is 6.46. The van der Waals surface area contributed by atoms with Gasteiger partial charge in [0.05, 0.1) is 10.5 Å². The van der Waals surface area contributed by atoms with Crippen LogP contribution in [0.4, 0.5) is 11.4 Å². The molecule has 0 spiro atoms. The van der Waals surface area contributed by atoms with Gasteiger partial charge >= 0.3 is 0 Å². The number of nitrogen functional groups attached to an aromatic ring is 1. The van der Waals surface area contributed by atoms with Crippen LogP contribution in [0.5, 0.6) is 0 Å². The molecule has 1 aliphatic carbocycles. The Morgan fingerprint density at radius 1 is 1.48 bits per heavy atom. The zero-order valence-electron chi connectivity index (χ0n) is 12.4. The van der Waals surface area contributed by atoms with Gasteiger partial charge in [0.1, 0.15) is 0 Å². The lowest BCUT2D eigenvalue weighted by atomic mass is 9.75. The van der Waals surface area contributed by atoms with Crippen molar-refractivity contribution in [2.24, 2.45) is 5.41 Å². The number of benzene rings is 1. The minimum Gasteiger partial charge on any atom is -0.398 e. The highest BCUT2D eigenvalue weighted by Crippen LogP contribution is 2.35. The highest BCUT2D eigenvalue weighted by molar-refractivity contribution is 5.99. The van der Waals surface area contributed by atoms with Gasteiger partial charge in [0, 0.05) is 23.9 Å². The molecule has 1 aromatic carbocycles. The topological polar surface area (TPSA) is 98.3 Å². The quantitative estimate of drug-likeness (QED) is 0.508. The van der Waals surface area contributed by atoms with E-state index in [0.717, 1.165) is 25.7 Å². The molecule has 114 valence electrons. The molecule has 2 rings (SSSR count). The number of nitro groups is 1. The van der Waals surface area contributed by atoms with Crippen LogP contribution in [0.1, 0.15) is 49.9 Å². The number of carbonyl (C=O) groups excluding carboxylic acids is 1. The first kappa shape index (κ1) is 15.3. The number of hydrogen-bond donors (Lipinski definition) is 2. The monoisotopic (exact) mass is 291 g/mol. The molecule has 1 aliphatic rings. The Labute approximate surface area is 123 Å². The van der Waals surface area contributed by atoms with Gasteiger partial charge in [-0.3, -0.25) is 14.9 Å². The SMILES string of the molecule is CC1(C)CCCC(NC(=O)c2cc([N+](=O)[O-])ccc2N)C1. The summed E-state index contributed by atoms with van der Waals surface area (Å²) in [4.78, 5) is 22.6. The Balaban J connectivity index is 2.13. The van der Waals surface area contributed by atoms with Crippen LogP contribution in [-0.2, 0) is 0 Å². The van der Waals surface area contributed by atoms with Crippen LogP contribution < -0.4 is 11.1 Å². The molecule has 0 aliphatic heterocycles. The van der Waals surface area contributed by atoms with Gasteiger partial charge in [0.2, 0.25) is 0 Å². The van der Waals surface area contributed by atoms with Gasteiger partial charge in [-0.15, -0.1) is 0 Å². The Bertz CT molecular complexity index is 569. The number of carbonyl (C=O) groups is 1. The van der Waals surface area contributed by atoms with Crippen molar-refractivity contribution in [2.45, 2.75) is 45.6 Å². The summed E-state index contributed by atoms with van der Waals surface area (Å²) in [6.07, 6.45) is 4.07. The molecule has 0 radical (unpaired) electrons. The van der Waals surface area contributed by atoms with Crippen molar-refractivity contribution < 1.29 is 9.72 Å². The van der Waals surface area contributed by atoms with Crippen LogP contribution in [0.25, 0.3) is 0 Å². The first-order valence-electron chi connectivity index (χ1n) is 7.13. The number of anilines is 1. The smallest absolute Gasteiger partial charge is 0.270 e. The molecule has 1 atom stereocenters. The van der Waals surface area contributed by atoms with E-state index in [1.807, 2.05) is 0 Å². The fourth-order valence-electron chi connectivity index (χ4n) is 2.94. The second kappa shape index (κ2) is 5.71. The number of hydrogen-bond acceptors (Lipinski definition) is 4. The van der Waals surface area contributed by atoms with E-state index in [4.69, 9.17) is 5.73 Å². The van der Waals surface area contributed by atoms with Crippen molar-refractivity contribution >= 4 is 17.3 Å². The molecule has 1 saturated carbocycles. The van der Waals surface area contributed by atoms with Gasteiger partial charge in [-0.25, -0.2) is 0 Å². The van der Waals surface area contributed by atoms with Gasteiger partial charge in [0.25, 0.3) is 11.6 Å². The lowest BCUT2D eigenvalue weighted by Gasteiger charge is -2.35. The maximum absolute atomic E-state index is 12.3. The van der Waals surface area contributed by atoms with Gasteiger partial charge < -0.3 is 11.1 Å². The zero-order valence-corrected chi connectivity index (χ0v) is 12.4. The van der Waals surface area contributed by atoms with Crippen molar-refractivity contribution in [3.05, 3.63) is 33.9 Å². The van der Waals surface area contributed by atoms with Crippen LogP contribution in [0.15, 0.2) is 18.2 Å². The van der Waals surface area contributed by atoms with Crippen LogP contribution in [0.2, 0.25) is 0 Å². The molecule has 0 aromatic heterocycles. The molecule has 1 fully saturated rings. The summed E-state index contributed by atoms with van der Waals surface area (Å²) < 4.78 is 0. The minimum atomic E-state index is -0.528. The fraction of sp³-hybridized carbons (Fsp3) is 0.533. The normalized spacial score (nSPS) is 20.8. The number of non-ortho nitro benzene ring substituents is 1. The third-order valence-electron chi connectivity index (χ3n) is 4.03. The maximum atomic E-state index is 12.3. The van der Waals surface area contributed by atoms with Crippen molar-refractivity contribution in [3.8, 4) is 0 Å². The standard InChI is InChI=1S/C15H21N3O3/c1-15(2)7-3-4-10(9-15)17-14(19)12-8-11(18(20)21)5-6-13(12)16/h5-6,8,10H,3-4,7,9,16H2,1-2H3,(H,17,19). The van der Waals surface area contributed by atoms with E-state index in [0.29, 0.717) is 0 Å². The van der Waals surface area contributed by atoms with E-state index in [9.17, 15) is 14.9 Å². The number of amides is 1. The molecular weight excluding hydrogens is 270 g/mol. The molecule has 0 saturated heterocycles. The van der Waals surface area contributed by atoms with E-state index >= 15 is 0 Å². The van der Waals surface area contributed by atoms with E-state index in [1.165, 1.54) is 18.2 Å². The average molecular weight is 291 g/mol. The lowest BCUT2D eigenvalue weighted by Crippen LogP contribution is -2.40. The Morgan fingerprint density at radius 3 is 2.81 bits per heavy atom. The lowest BCUT2D eigenvalue weighted by molar-refractivity contribution is -0.384. The van der Waals surface area contributed by atoms with Gasteiger partial charge in [0.15, 0.2) is 0 Å². The Hall–Kier alpha value is -2.11. The van der Waals surface area contributed by atoms with E-state index in [-0.39, 0.29) is 34.3 Å². The second-order valence-corrected chi connectivity index (χ2v) is 6.46. The summed E-state index contributed by atoms with van der Waals surface area (Å²) in [5.41, 5.74) is 6.28. The third-order valence-corrected chi connectivity index (χ3v) is 4.03. The summed E-state index contributed by atoms with van der Waals surface area (Å²) in [5.74, 6) is -0.334. The highest BCUT2D eigenvalue weighted by Gasteiger charge is 2.29. The first-order valence-corrected chi connectivity index (χ1v) is 7.13. The summed E-state index contributed by atoms with van der Waals surface area (Å²) in [6, 6.07) is 4.03. The number of rotatable bonds is 3. The Morgan fingerprint density at radius 2 is 2.19 bits per heavy atom. The van der Waals surface area contributed by atoms with Crippen LogP contribution in [0, 0.1) is 15.5 Å². The molecule has 0 bridgehead atoms. The van der Waals surface area contributed by atoms with Crippen LogP contribution in [-0.4, -0.2) is 16.9 Å². The predicted molar refractivity (Wildman–Crippen MR) is 81.0 cm³/mol. The van der Waals surface area contributed by atoms with Gasteiger partial charge in [-0.1, -0.05) is 20.3 Å². The number of nitro benzene ring substituents is 1. The fourth-order valence-corrected chi connectivity index (χ4v) is 2.94. The van der Waals surface area contributed by atoms with Crippen molar-refractivity contribution in [1.82, 2.24) is 5.32 Å². The maximum Gasteiger partial charge on any atom is 0.270 e. The van der Waals surface area contributed by atoms with Crippen LogP contribution >= 0.6 is 0 Å². The molecule has 0 heterocycles. The molecule has 3 N–H and O–H groups in total. The third kappa shape index (κ3) is 3.71. The summed E-state index contributed by atoms with van der Waals surface area (Å²) in [6.45, 7) is 4.38. The summed E-state index contributed by atoms with van der Waals surface area (Å²) in [7, 11) is 0. The van der Waals surface area contributed by atoms with Gasteiger partial charge in [-0.2, -0.15) is 0 Å². The summed E-state index contributed by atoms with van der Waals surface area (Å²) in [5, 5.41) is 13.8. The molecule has 21 heavy (non-hydrogen) atoms. The average Bonchev–Trinajstić information content (AvgIpc) is 2.37. The number of nitrogens with zero attached hydrogens (tertiary/aromatic N) is 1. The minimum absolute atomic E-state index is 0.0971. The zero-order chi connectivity index (χ0) is 15.6. The Kier molecular flexibility index (Phi) is 4.16. The van der Waals surface area contributed by atoms with Crippen molar-refractivity contribution in [3.63, 3.8) is 0 Å². The number of nitrogens with two attached hydrogens (primary N) is 1. The van der Waals surface area contributed by atoms with E-state index < -0.39 is 4.92 Å². The molecule has 1 amide bonds. The first-order chi connectivity index (χ1) is 9.78. The molecular formula is C15H21N3O3. The summed E-state index contributed by atoms with van der Waals surface area (Å²) >= 11 is 0. The predicted octanol–water partition coefficient (Wildman–Crippen LogP) is 2.88. The van der Waals surface area contributed by atoms with Gasteiger partial charge in [-0.05, 0) is 30.7 Å². The van der Waals surface area contributed by atoms with Crippen molar-refractivity contribution in [1.29, 1.82) is 0 Å².